The van der Waals surface area contributed by atoms with Crippen molar-refractivity contribution in [2.75, 3.05) is 18.5 Å². The second-order valence-electron chi connectivity index (χ2n) is 5.49. The molecule has 1 aliphatic rings. The van der Waals surface area contributed by atoms with Gasteiger partial charge in [0.05, 0.1) is 10.6 Å². The lowest BCUT2D eigenvalue weighted by molar-refractivity contribution is -0.385. The molecule has 1 amide bonds. The summed E-state index contributed by atoms with van der Waals surface area (Å²) in [5.74, 6) is -0.165. The van der Waals surface area contributed by atoms with Gasteiger partial charge in [0.1, 0.15) is 5.75 Å². The molecule has 0 aliphatic carbocycles. The molecule has 0 radical (unpaired) electrons. The first-order valence-electron chi connectivity index (χ1n) is 7.42. The molecule has 0 saturated heterocycles. The molecule has 3 rings (SSSR count). The minimum absolute atomic E-state index is 0.0351. The number of aryl methyl sites for hydroxylation is 1. The molecule has 0 aromatic heterocycles. The van der Waals surface area contributed by atoms with Crippen LogP contribution in [0.4, 0.5) is 11.4 Å². The zero-order chi connectivity index (χ0) is 18.0. The molecule has 0 spiro atoms. The van der Waals surface area contributed by atoms with Crippen LogP contribution < -0.4 is 14.8 Å². The van der Waals surface area contributed by atoms with Gasteiger partial charge < -0.3 is 14.8 Å². The summed E-state index contributed by atoms with van der Waals surface area (Å²) in [6, 6.07) is 9.05. The van der Waals surface area contributed by atoms with Gasteiger partial charge in [-0.15, -0.1) is 0 Å². The smallest absolute Gasteiger partial charge is 0.310 e. The van der Waals surface area contributed by atoms with E-state index in [0.29, 0.717) is 17.0 Å². The van der Waals surface area contributed by atoms with Gasteiger partial charge in [-0.05, 0) is 36.8 Å². The number of hydrogen-bond donors (Lipinski definition) is 1. The number of ketones is 1. The highest BCUT2D eigenvalue weighted by Gasteiger charge is 2.20. The Morgan fingerprint density at radius 1 is 1.32 bits per heavy atom. The first-order chi connectivity index (χ1) is 11.9. The van der Waals surface area contributed by atoms with E-state index in [1.54, 1.807) is 25.1 Å². The van der Waals surface area contributed by atoms with Crippen LogP contribution in [0.15, 0.2) is 36.4 Å². The predicted octanol–water partition coefficient (Wildman–Crippen LogP) is 2.50. The van der Waals surface area contributed by atoms with E-state index in [9.17, 15) is 19.7 Å². The van der Waals surface area contributed by atoms with Gasteiger partial charge in [-0.3, -0.25) is 19.7 Å². The molecule has 0 saturated carbocycles. The van der Waals surface area contributed by atoms with Gasteiger partial charge in [0, 0.05) is 11.6 Å². The second-order valence-corrected chi connectivity index (χ2v) is 5.49. The summed E-state index contributed by atoms with van der Waals surface area (Å²) in [5, 5.41) is 13.6. The number of Topliss-reactive ketones (excluding diaryl/α,β-unsaturated/α-hetero) is 1. The van der Waals surface area contributed by atoms with Crippen LogP contribution in [-0.2, 0) is 4.79 Å². The Bertz CT molecular complexity index is 877. The van der Waals surface area contributed by atoms with E-state index in [1.807, 2.05) is 0 Å². The lowest BCUT2D eigenvalue weighted by atomic mass is 10.1. The third-order valence-corrected chi connectivity index (χ3v) is 3.61. The van der Waals surface area contributed by atoms with E-state index in [0.717, 1.165) is 5.56 Å². The molecular weight excluding hydrogens is 328 g/mol. The zero-order valence-electron chi connectivity index (χ0n) is 13.3. The lowest BCUT2D eigenvalue weighted by Gasteiger charge is -2.18. The maximum atomic E-state index is 12.3. The van der Waals surface area contributed by atoms with E-state index < -0.39 is 4.92 Å². The van der Waals surface area contributed by atoms with E-state index in [4.69, 9.17) is 9.47 Å². The van der Waals surface area contributed by atoms with Crippen LogP contribution >= 0.6 is 0 Å². The van der Waals surface area contributed by atoms with Crippen LogP contribution in [0.25, 0.3) is 0 Å². The summed E-state index contributed by atoms with van der Waals surface area (Å²) >= 11 is 0. The van der Waals surface area contributed by atoms with Gasteiger partial charge in [0.25, 0.3) is 5.91 Å². The van der Waals surface area contributed by atoms with Gasteiger partial charge in [-0.1, -0.05) is 6.07 Å². The van der Waals surface area contributed by atoms with E-state index in [2.05, 4.69) is 5.32 Å². The fourth-order valence-corrected chi connectivity index (χ4v) is 2.37. The molecule has 25 heavy (non-hydrogen) atoms. The highest BCUT2D eigenvalue weighted by Crippen LogP contribution is 2.30. The van der Waals surface area contributed by atoms with Gasteiger partial charge in [0.15, 0.2) is 24.7 Å². The molecule has 0 fully saturated rings. The fourth-order valence-electron chi connectivity index (χ4n) is 2.37. The maximum Gasteiger partial charge on any atom is 0.310 e. The topological polar surface area (TPSA) is 108 Å². The fraction of sp³-hybridized carbons (Fsp3) is 0.176. The van der Waals surface area contributed by atoms with Gasteiger partial charge in [0.2, 0.25) is 0 Å². The number of nitro groups is 1. The average molecular weight is 342 g/mol. The molecule has 1 heterocycles. The van der Waals surface area contributed by atoms with Gasteiger partial charge >= 0.3 is 5.69 Å². The molecule has 8 heteroatoms. The van der Waals surface area contributed by atoms with Crippen molar-refractivity contribution in [3.63, 3.8) is 0 Å². The Balaban J connectivity index is 1.75. The number of carbonyl (C=O) groups is 2. The normalized spacial score (nSPS) is 12.6. The number of nitrogens with one attached hydrogen (secondary N) is 1. The SMILES string of the molecule is Cc1ccc([N+](=O)[O-])c(OCC(=O)c2ccc3c(c2)NC(=O)CO3)c1. The van der Waals surface area contributed by atoms with Crippen LogP contribution in [0.3, 0.4) is 0 Å². The number of anilines is 1. The number of nitro benzene ring substituents is 1. The van der Waals surface area contributed by atoms with Crippen molar-refractivity contribution in [2.24, 2.45) is 0 Å². The predicted molar refractivity (Wildman–Crippen MR) is 88.2 cm³/mol. The van der Waals surface area contributed by atoms with Crippen molar-refractivity contribution in [3.05, 3.63) is 57.6 Å². The molecule has 0 unspecified atom stereocenters. The Morgan fingerprint density at radius 3 is 2.88 bits per heavy atom. The Kier molecular flexibility index (Phi) is 4.34. The van der Waals surface area contributed by atoms with E-state index in [1.165, 1.54) is 18.2 Å². The van der Waals surface area contributed by atoms with Crippen molar-refractivity contribution in [3.8, 4) is 11.5 Å². The van der Waals surface area contributed by atoms with Crippen molar-refractivity contribution in [1.82, 2.24) is 0 Å². The summed E-state index contributed by atoms with van der Waals surface area (Å²) in [5.41, 5.74) is 1.29. The third kappa shape index (κ3) is 3.57. The van der Waals surface area contributed by atoms with Crippen LogP contribution in [-0.4, -0.2) is 29.8 Å². The minimum Gasteiger partial charge on any atom is -0.482 e. The van der Waals surface area contributed by atoms with Crippen LogP contribution in [0, 0.1) is 17.0 Å². The Labute approximate surface area is 142 Å². The van der Waals surface area contributed by atoms with Crippen molar-refractivity contribution in [2.45, 2.75) is 6.92 Å². The largest absolute Gasteiger partial charge is 0.482 e. The average Bonchev–Trinajstić information content (AvgIpc) is 2.58. The first-order valence-corrected chi connectivity index (χ1v) is 7.42. The molecule has 128 valence electrons. The van der Waals surface area contributed by atoms with Crippen molar-refractivity contribution >= 4 is 23.1 Å². The number of amides is 1. The number of hydrogen-bond acceptors (Lipinski definition) is 6. The second kappa shape index (κ2) is 6.60. The van der Waals surface area contributed by atoms with Crippen molar-refractivity contribution < 1.29 is 24.0 Å². The number of ether oxygens (including phenoxy) is 2. The highest BCUT2D eigenvalue weighted by atomic mass is 16.6. The van der Waals surface area contributed by atoms with Gasteiger partial charge in [-0.2, -0.15) is 0 Å². The van der Waals surface area contributed by atoms with E-state index >= 15 is 0 Å². The molecule has 0 atom stereocenters. The molecule has 1 aliphatic heterocycles. The quantitative estimate of drug-likeness (QED) is 0.508. The zero-order valence-corrected chi connectivity index (χ0v) is 13.3. The molecule has 2 aromatic rings. The monoisotopic (exact) mass is 342 g/mol. The Hall–Kier alpha value is -3.42. The summed E-state index contributed by atoms with van der Waals surface area (Å²) in [6.45, 7) is 1.34. The maximum absolute atomic E-state index is 12.3. The molecular formula is C17H14N2O6. The summed E-state index contributed by atoms with van der Waals surface area (Å²) in [7, 11) is 0. The van der Waals surface area contributed by atoms with Crippen molar-refractivity contribution in [1.29, 1.82) is 0 Å². The molecule has 8 nitrogen and oxygen atoms in total. The number of benzene rings is 2. The Morgan fingerprint density at radius 2 is 2.12 bits per heavy atom. The minimum atomic E-state index is -0.564. The standard InChI is InChI=1S/C17H14N2O6/c1-10-2-4-13(19(22)23)16(6-10)24-8-14(20)11-3-5-15-12(7-11)18-17(21)9-25-15/h2-7H,8-9H2,1H3,(H,18,21). The number of carbonyl (C=O) groups excluding carboxylic acids is 2. The van der Waals surface area contributed by atoms with Gasteiger partial charge in [-0.25, -0.2) is 0 Å². The summed E-state index contributed by atoms with van der Waals surface area (Å²) in [4.78, 5) is 34.1. The first kappa shape index (κ1) is 16.4. The lowest BCUT2D eigenvalue weighted by Crippen LogP contribution is -2.25. The number of rotatable bonds is 5. The van der Waals surface area contributed by atoms with Crippen LogP contribution in [0.5, 0.6) is 11.5 Å². The number of nitrogens with zero attached hydrogens (tertiary/aromatic N) is 1. The summed E-state index contributed by atoms with van der Waals surface area (Å²) < 4.78 is 10.6. The van der Waals surface area contributed by atoms with Crippen LogP contribution in [0.2, 0.25) is 0 Å². The van der Waals surface area contributed by atoms with E-state index in [-0.39, 0.29) is 36.3 Å². The number of fused-ring (bicyclic) bond motifs is 1. The highest BCUT2D eigenvalue weighted by molar-refractivity contribution is 6.01. The van der Waals surface area contributed by atoms with Crippen LogP contribution in [0.1, 0.15) is 15.9 Å². The molecule has 0 bridgehead atoms. The molecule has 1 N–H and O–H groups in total. The summed E-state index contributed by atoms with van der Waals surface area (Å²) in [6.07, 6.45) is 0. The third-order valence-electron chi connectivity index (χ3n) is 3.61. The molecule has 2 aromatic carbocycles.